The summed E-state index contributed by atoms with van der Waals surface area (Å²) in [4.78, 5) is 4.21. The Morgan fingerprint density at radius 3 is 2.62 bits per heavy atom. The minimum atomic E-state index is -0.737. The zero-order chi connectivity index (χ0) is 15.2. The van der Waals surface area contributed by atoms with Crippen molar-refractivity contribution < 1.29 is 9.84 Å². The first-order valence-electron chi connectivity index (χ1n) is 7.08. The Balaban J connectivity index is 2.07. The van der Waals surface area contributed by atoms with Crippen LogP contribution < -0.4 is 10.5 Å². The van der Waals surface area contributed by atoms with E-state index in [1.54, 1.807) is 6.20 Å². The van der Waals surface area contributed by atoms with Gasteiger partial charge in [-0.3, -0.25) is 4.98 Å². The van der Waals surface area contributed by atoms with E-state index < -0.39 is 17.7 Å². The fraction of sp³-hybridized carbons (Fsp3) is 0.353. The van der Waals surface area contributed by atoms with Crippen LogP contribution in [0.4, 0.5) is 0 Å². The van der Waals surface area contributed by atoms with Crippen molar-refractivity contribution in [3.05, 3.63) is 47.8 Å². The number of nitrogens with zero attached hydrogens (tertiary/aromatic N) is 1. The summed E-state index contributed by atoms with van der Waals surface area (Å²) in [6.07, 6.45) is 1.05. The molecule has 4 heteroatoms. The molecule has 2 aromatic rings. The lowest BCUT2D eigenvalue weighted by Gasteiger charge is -2.40. The number of aromatic nitrogens is 1. The molecule has 1 aromatic heterocycles. The molecule has 0 fully saturated rings. The van der Waals surface area contributed by atoms with E-state index in [0.29, 0.717) is 0 Å². The molecule has 2 heterocycles. The molecule has 0 amide bonds. The van der Waals surface area contributed by atoms with Gasteiger partial charge in [0.25, 0.3) is 0 Å². The molecule has 0 unspecified atom stereocenters. The summed E-state index contributed by atoms with van der Waals surface area (Å²) < 4.78 is 5.87. The summed E-state index contributed by atoms with van der Waals surface area (Å²) in [5, 5.41) is 10.3. The van der Waals surface area contributed by atoms with Crippen molar-refractivity contribution in [1.82, 2.24) is 4.98 Å². The maximum Gasteiger partial charge on any atom is 0.131 e. The number of aliphatic hydroxyl groups is 1. The molecule has 3 N–H and O–H groups in total. The van der Waals surface area contributed by atoms with E-state index in [-0.39, 0.29) is 0 Å². The summed E-state index contributed by atoms with van der Waals surface area (Å²) in [5.74, 6) is 0.743. The SMILES string of the molecule is Cc1cc(-c2ccc3c(c2)[C@H](N)[C@@H](O)C(C)(C)O3)ccn1. The van der Waals surface area contributed by atoms with Gasteiger partial charge >= 0.3 is 0 Å². The van der Waals surface area contributed by atoms with Crippen molar-refractivity contribution in [2.24, 2.45) is 5.73 Å². The molecule has 0 aliphatic carbocycles. The third-order valence-corrected chi connectivity index (χ3v) is 4.02. The van der Waals surface area contributed by atoms with Gasteiger partial charge in [0.2, 0.25) is 0 Å². The van der Waals surface area contributed by atoms with Gasteiger partial charge in [-0.05, 0) is 56.2 Å². The smallest absolute Gasteiger partial charge is 0.131 e. The number of fused-ring (bicyclic) bond motifs is 1. The summed E-state index contributed by atoms with van der Waals surface area (Å²) in [6.45, 7) is 5.66. The molecular weight excluding hydrogens is 264 g/mol. The van der Waals surface area contributed by atoms with Crippen LogP contribution >= 0.6 is 0 Å². The third kappa shape index (κ3) is 2.41. The first kappa shape index (κ1) is 14.0. The van der Waals surface area contributed by atoms with E-state index in [1.807, 2.05) is 51.1 Å². The monoisotopic (exact) mass is 284 g/mol. The van der Waals surface area contributed by atoms with Crippen molar-refractivity contribution in [3.8, 4) is 16.9 Å². The topological polar surface area (TPSA) is 68.4 Å². The van der Waals surface area contributed by atoms with Crippen LogP contribution in [0.15, 0.2) is 36.5 Å². The molecule has 21 heavy (non-hydrogen) atoms. The molecule has 0 saturated heterocycles. The average molecular weight is 284 g/mol. The van der Waals surface area contributed by atoms with Crippen molar-refractivity contribution in [1.29, 1.82) is 0 Å². The molecule has 1 aliphatic heterocycles. The number of benzene rings is 1. The summed E-state index contributed by atoms with van der Waals surface area (Å²) in [5.41, 5.74) is 9.45. The number of nitrogens with two attached hydrogens (primary N) is 1. The van der Waals surface area contributed by atoms with Gasteiger partial charge in [0, 0.05) is 17.5 Å². The van der Waals surface area contributed by atoms with E-state index in [4.69, 9.17) is 10.5 Å². The maximum atomic E-state index is 10.3. The molecule has 2 atom stereocenters. The zero-order valence-corrected chi connectivity index (χ0v) is 12.5. The van der Waals surface area contributed by atoms with Gasteiger partial charge in [-0.25, -0.2) is 0 Å². The van der Waals surface area contributed by atoms with Crippen LogP contribution in [0.3, 0.4) is 0 Å². The lowest BCUT2D eigenvalue weighted by Crippen LogP contribution is -2.51. The summed E-state index contributed by atoms with van der Waals surface area (Å²) >= 11 is 0. The van der Waals surface area contributed by atoms with Crippen molar-refractivity contribution in [2.75, 3.05) is 0 Å². The van der Waals surface area contributed by atoms with E-state index >= 15 is 0 Å². The molecule has 4 nitrogen and oxygen atoms in total. The molecule has 1 aromatic carbocycles. The lowest BCUT2D eigenvalue weighted by atomic mass is 9.86. The highest BCUT2D eigenvalue weighted by molar-refractivity contribution is 5.66. The Morgan fingerprint density at radius 1 is 1.19 bits per heavy atom. The van der Waals surface area contributed by atoms with Gasteiger partial charge < -0.3 is 15.6 Å². The van der Waals surface area contributed by atoms with Gasteiger partial charge in [0.15, 0.2) is 0 Å². The average Bonchev–Trinajstić information content (AvgIpc) is 2.44. The molecule has 3 rings (SSSR count). The van der Waals surface area contributed by atoms with Crippen LogP contribution in [0.25, 0.3) is 11.1 Å². The van der Waals surface area contributed by atoms with Gasteiger partial charge in [-0.15, -0.1) is 0 Å². The Bertz CT molecular complexity index is 682. The Hall–Kier alpha value is -1.91. The van der Waals surface area contributed by atoms with Gasteiger partial charge in [0.1, 0.15) is 17.5 Å². The summed E-state index contributed by atoms with van der Waals surface area (Å²) in [7, 11) is 0. The molecule has 0 bridgehead atoms. The normalized spacial score (nSPS) is 23.3. The van der Waals surface area contributed by atoms with Gasteiger partial charge in [-0.1, -0.05) is 6.07 Å². The number of aryl methyl sites for hydroxylation is 1. The Morgan fingerprint density at radius 2 is 1.90 bits per heavy atom. The quantitative estimate of drug-likeness (QED) is 0.844. The minimum Gasteiger partial charge on any atom is -0.485 e. The molecular formula is C17H20N2O2. The second kappa shape index (κ2) is 4.83. The second-order valence-corrected chi connectivity index (χ2v) is 6.11. The lowest BCUT2D eigenvalue weighted by molar-refractivity contribution is -0.0571. The van der Waals surface area contributed by atoms with Crippen LogP contribution in [-0.2, 0) is 0 Å². The number of aliphatic hydroxyl groups excluding tert-OH is 1. The van der Waals surface area contributed by atoms with E-state index in [2.05, 4.69) is 4.98 Å². The highest BCUT2D eigenvalue weighted by atomic mass is 16.5. The van der Waals surface area contributed by atoms with Crippen molar-refractivity contribution in [2.45, 2.75) is 38.5 Å². The second-order valence-electron chi connectivity index (χ2n) is 6.11. The van der Waals surface area contributed by atoms with Gasteiger partial charge in [-0.2, -0.15) is 0 Å². The van der Waals surface area contributed by atoms with Crippen LogP contribution in [-0.4, -0.2) is 21.8 Å². The highest BCUT2D eigenvalue weighted by Gasteiger charge is 2.41. The van der Waals surface area contributed by atoms with E-state index in [9.17, 15) is 5.11 Å². The number of hydrogen-bond donors (Lipinski definition) is 2. The predicted molar refractivity (Wildman–Crippen MR) is 82.1 cm³/mol. The van der Waals surface area contributed by atoms with Gasteiger partial charge in [0.05, 0.1) is 6.04 Å². The fourth-order valence-electron chi connectivity index (χ4n) is 2.75. The Kier molecular flexibility index (Phi) is 3.23. The number of pyridine rings is 1. The number of rotatable bonds is 1. The minimum absolute atomic E-state index is 0.452. The third-order valence-electron chi connectivity index (χ3n) is 4.02. The molecule has 1 aliphatic rings. The molecule has 110 valence electrons. The zero-order valence-electron chi connectivity index (χ0n) is 12.5. The Labute approximate surface area is 124 Å². The first-order chi connectivity index (χ1) is 9.88. The highest BCUT2D eigenvalue weighted by Crippen LogP contribution is 2.40. The largest absolute Gasteiger partial charge is 0.485 e. The molecule has 0 saturated carbocycles. The summed E-state index contributed by atoms with van der Waals surface area (Å²) in [6, 6.07) is 9.46. The van der Waals surface area contributed by atoms with Crippen LogP contribution in [0.5, 0.6) is 5.75 Å². The number of hydrogen-bond acceptors (Lipinski definition) is 4. The predicted octanol–water partition coefficient (Wildman–Crippen LogP) is 2.59. The standard InChI is InChI=1S/C17H20N2O2/c1-10-8-12(6-7-19-10)11-4-5-14-13(9-11)15(18)16(20)17(2,3)21-14/h4-9,15-16,20H,18H2,1-3H3/t15-,16+/m0/s1. The maximum absolute atomic E-state index is 10.3. The van der Waals surface area contributed by atoms with Crippen molar-refractivity contribution in [3.63, 3.8) is 0 Å². The fourth-order valence-corrected chi connectivity index (χ4v) is 2.75. The van der Waals surface area contributed by atoms with E-state index in [1.165, 1.54) is 0 Å². The van der Waals surface area contributed by atoms with Crippen LogP contribution in [0.2, 0.25) is 0 Å². The molecule has 0 spiro atoms. The van der Waals surface area contributed by atoms with Crippen molar-refractivity contribution >= 4 is 0 Å². The van der Waals surface area contributed by atoms with Crippen LogP contribution in [0, 0.1) is 6.92 Å². The molecule has 0 radical (unpaired) electrons. The van der Waals surface area contributed by atoms with Crippen LogP contribution in [0.1, 0.15) is 31.1 Å². The van der Waals surface area contributed by atoms with E-state index in [0.717, 1.165) is 28.1 Å². The number of ether oxygens (including phenoxy) is 1. The first-order valence-corrected chi connectivity index (χ1v) is 7.08.